The highest BCUT2D eigenvalue weighted by Gasteiger charge is 2.51. The van der Waals surface area contributed by atoms with Crippen molar-refractivity contribution >= 4 is 12.0 Å². The van der Waals surface area contributed by atoms with Crippen LogP contribution in [0.5, 0.6) is 11.5 Å². The number of amides is 1. The molecule has 4 bridgehead atoms. The lowest BCUT2D eigenvalue weighted by atomic mass is 9.53. The number of hydrogen-bond donors (Lipinski definition) is 1. The molecule has 4 fully saturated rings. The van der Waals surface area contributed by atoms with Crippen molar-refractivity contribution in [3.8, 4) is 11.5 Å². The number of ether oxygens (including phenoxy) is 2. The van der Waals surface area contributed by atoms with Crippen molar-refractivity contribution in [2.45, 2.75) is 44.1 Å². The molecule has 0 saturated heterocycles. The van der Waals surface area contributed by atoms with E-state index >= 15 is 0 Å². The van der Waals surface area contributed by atoms with Gasteiger partial charge in [-0.3, -0.25) is 4.79 Å². The Morgan fingerprint density at radius 1 is 1.04 bits per heavy atom. The molecular formula is C20H23NO3. The highest BCUT2D eigenvalue weighted by atomic mass is 16.7. The average Bonchev–Trinajstić information content (AvgIpc) is 2.98. The second-order valence-electron chi connectivity index (χ2n) is 8.13. The fourth-order valence-electron chi connectivity index (χ4n) is 5.76. The highest BCUT2D eigenvalue weighted by Crippen LogP contribution is 2.55. The zero-order valence-corrected chi connectivity index (χ0v) is 13.8. The standard InChI is InChI=1S/C20H23NO3/c22-19(4-2-13-1-3-17-18(8-13)24-12-23-17)21-20-9-14-5-15(10-20)7-16(6-14)11-20/h1-4,8,14-16H,5-7,9-12H2,(H,21,22)/b4-2+. The number of rotatable bonds is 3. The SMILES string of the molecule is O=C(/C=C/c1ccc2c(c1)OCO2)NC12CC3CC(CC(C3)C1)C2. The first-order chi connectivity index (χ1) is 11.7. The molecule has 4 saturated carbocycles. The Bertz CT molecular complexity index is 674. The molecule has 24 heavy (non-hydrogen) atoms. The molecule has 6 rings (SSSR count). The lowest BCUT2D eigenvalue weighted by Crippen LogP contribution is -2.59. The molecule has 126 valence electrons. The van der Waals surface area contributed by atoms with Crippen LogP contribution in [-0.4, -0.2) is 18.2 Å². The predicted octanol–water partition coefficient (Wildman–Crippen LogP) is 3.51. The largest absolute Gasteiger partial charge is 0.454 e. The molecule has 1 N–H and O–H groups in total. The molecule has 0 radical (unpaired) electrons. The smallest absolute Gasteiger partial charge is 0.244 e. The Morgan fingerprint density at radius 2 is 1.71 bits per heavy atom. The lowest BCUT2D eigenvalue weighted by Gasteiger charge is -2.56. The molecule has 4 aliphatic carbocycles. The lowest BCUT2D eigenvalue weighted by molar-refractivity contribution is -0.122. The van der Waals surface area contributed by atoms with E-state index in [0.29, 0.717) is 0 Å². The van der Waals surface area contributed by atoms with E-state index in [1.807, 2.05) is 24.3 Å². The van der Waals surface area contributed by atoms with E-state index in [0.717, 1.165) is 34.8 Å². The molecule has 1 heterocycles. The quantitative estimate of drug-likeness (QED) is 0.865. The van der Waals surface area contributed by atoms with Crippen molar-refractivity contribution in [3.63, 3.8) is 0 Å². The Kier molecular flexibility index (Phi) is 3.15. The molecular weight excluding hydrogens is 302 g/mol. The number of fused-ring (bicyclic) bond motifs is 1. The van der Waals surface area contributed by atoms with Gasteiger partial charge in [0.2, 0.25) is 12.7 Å². The van der Waals surface area contributed by atoms with Gasteiger partial charge < -0.3 is 14.8 Å². The molecule has 0 unspecified atom stereocenters. The maximum absolute atomic E-state index is 12.5. The van der Waals surface area contributed by atoms with Crippen LogP contribution >= 0.6 is 0 Å². The average molecular weight is 325 g/mol. The maximum Gasteiger partial charge on any atom is 0.244 e. The summed E-state index contributed by atoms with van der Waals surface area (Å²) in [7, 11) is 0. The van der Waals surface area contributed by atoms with E-state index in [-0.39, 0.29) is 18.2 Å². The summed E-state index contributed by atoms with van der Waals surface area (Å²) in [5.41, 5.74) is 1.03. The molecule has 0 spiro atoms. The van der Waals surface area contributed by atoms with Crippen molar-refractivity contribution in [1.29, 1.82) is 0 Å². The van der Waals surface area contributed by atoms with Gasteiger partial charge in [0, 0.05) is 11.6 Å². The van der Waals surface area contributed by atoms with Gasteiger partial charge in [0.15, 0.2) is 11.5 Å². The summed E-state index contributed by atoms with van der Waals surface area (Å²) >= 11 is 0. The Morgan fingerprint density at radius 3 is 2.42 bits per heavy atom. The first-order valence-electron chi connectivity index (χ1n) is 9.07. The van der Waals surface area contributed by atoms with Crippen molar-refractivity contribution in [2.24, 2.45) is 17.8 Å². The minimum Gasteiger partial charge on any atom is -0.454 e. The Balaban J connectivity index is 1.27. The molecule has 0 aromatic heterocycles. The van der Waals surface area contributed by atoms with Gasteiger partial charge in [0.25, 0.3) is 0 Å². The van der Waals surface area contributed by atoms with Crippen molar-refractivity contribution in [2.75, 3.05) is 6.79 Å². The third-order valence-electron chi connectivity index (χ3n) is 6.25. The number of benzene rings is 1. The van der Waals surface area contributed by atoms with E-state index < -0.39 is 0 Å². The fourth-order valence-corrected chi connectivity index (χ4v) is 5.76. The van der Waals surface area contributed by atoms with Gasteiger partial charge in [-0.05, 0) is 80.1 Å². The molecule has 0 atom stereocenters. The number of nitrogens with one attached hydrogen (secondary N) is 1. The van der Waals surface area contributed by atoms with Crippen LogP contribution in [0.2, 0.25) is 0 Å². The third-order valence-corrected chi connectivity index (χ3v) is 6.25. The number of hydrogen-bond acceptors (Lipinski definition) is 3. The topological polar surface area (TPSA) is 47.6 Å². The monoisotopic (exact) mass is 325 g/mol. The van der Waals surface area contributed by atoms with Gasteiger partial charge >= 0.3 is 0 Å². The second-order valence-corrected chi connectivity index (χ2v) is 8.13. The van der Waals surface area contributed by atoms with E-state index in [9.17, 15) is 4.79 Å². The summed E-state index contributed by atoms with van der Waals surface area (Å²) in [5, 5.41) is 3.37. The molecule has 1 aromatic carbocycles. The fraction of sp³-hybridized carbons (Fsp3) is 0.550. The predicted molar refractivity (Wildman–Crippen MR) is 90.6 cm³/mol. The van der Waals surface area contributed by atoms with Gasteiger partial charge in [-0.2, -0.15) is 0 Å². The minimum absolute atomic E-state index is 0.0367. The van der Waals surface area contributed by atoms with Crippen LogP contribution in [0.4, 0.5) is 0 Å². The van der Waals surface area contributed by atoms with E-state index in [1.165, 1.54) is 38.5 Å². The minimum atomic E-state index is 0.0367. The van der Waals surface area contributed by atoms with Crippen LogP contribution in [0, 0.1) is 17.8 Å². The highest BCUT2D eigenvalue weighted by molar-refractivity contribution is 5.92. The first-order valence-corrected chi connectivity index (χ1v) is 9.07. The molecule has 1 amide bonds. The van der Waals surface area contributed by atoms with Crippen LogP contribution in [-0.2, 0) is 4.79 Å². The van der Waals surface area contributed by atoms with Crippen molar-refractivity contribution in [3.05, 3.63) is 29.8 Å². The molecule has 4 nitrogen and oxygen atoms in total. The van der Waals surface area contributed by atoms with Gasteiger partial charge in [0.05, 0.1) is 0 Å². The molecule has 1 aliphatic heterocycles. The zero-order chi connectivity index (χ0) is 16.1. The van der Waals surface area contributed by atoms with Crippen LogP contribution in [0.15, 0.2) is 24.3 Å². The summed E-state index contributed by atoms with van der Waals surface area (Å²) in [6.07, 6.45) is 11.2. The maximum atomic E-state index is 12.5. The Hall–Kier alpha value is -1.97. The van der Waals surface area contributed by atoms with Crippen LogP contribution < -0.4 is 14.8 Å². The van der Waals surface area contributed by atoms with Crippen LogP contribution in [0.1, 0.15) is 44.1 Å². The van der Waals surface area contributed by atoms with Crippen LogP contribution in [0.25, 0.3) is 6.08 Å². The normalized spacial score (nSPS) is 35.6. The van der Waals surface area contributed by atoms with Gasteiger partial charge in [-0.1, -0.05) is 6.07 Å². The van der Waals surface area contributed by atoms with E-state index in [4.69, 9.17) is 9.47 Å². The van der Waals surface area contributed by atoms with Gasteiger partial charge in [-0.25, -0.2) is 0 Å². The summed E-state index contributed by atoms with van der Waals surface area (Å²) in [6, 6.07) is 5.75. The number of carbonyl (C=O) groups is 1. The molecule has 1 aromatic rings. The van der Waals surface area contributed by atoms with Gasteiger partial charge in [-0.15, -0.1) is 0 Å². The first kappa shape index (κ1) is 14.4. The third kappa shape index (κ3) is 2.48. The molecule has 5 aliphatic rings. The zero-order valence-electron chi connectivity index (χ0n) is 13.8. The van der Waals surface area contributed by atoms with Gasteiger partial charge in [0.1, 0.15) is 0 Å². The second kappa shape index (κ2) is 5.27. The molecule has 4 heteroatoms. The summed E-state index contributed by atoms with van der Waals surface area (Å²) in [6.45, 7) is 0.273. The summed E-state index contributed by atoms with van der Waals surface area (Å²) in [4.78, 5) is 12.5. The van der Waals surface area contributed by atoms with E-state index in [2.05, 4.69) is 5.32 Å². The van der Waals surface area contributed by atoms with E-state index in [1.54, 1.807) is 6.08 Å². The Labute approximate surface area is 142 Å². The van der Waals surface area contributed by atoms with Crippen molar-refractivity contribution in [1.82, 2.24) is 5.32 Å². The summed E-state index contributed by atoms with van der Waals surface area (Å²) in [5.74, 6) is 4.08. The summed E-state index contributed by atoms with van der Waals surface area (Å²) < 4.78 is 10.7. The number of carbonyl (C=O) groups excluding carboxylic acids is 1. The van der Waals surface area contributed by atoms with Crippen molar-refractivity contribution < 1.29 is 14.3 Å². The van der Waals surface area contributed by atoms with Crippen LogP contribution in [0.3, 0.4) is 0 Å².